The minimum absolute atomic E-state index is 0.115. The number of anilines is 2. The smallest absolute Gasteiger partial charge is 0.273 e. The Labute approximate surface area is 132 Å². The van der Waals surface area contributed by atoms with Crippen LogP contribution < -0.4 is 9.62 Å². The van der Waals surface area contributed by atoms with Crippen molar-refractivity contribution in [3.63, 3.8) is 0 Å². The van der Waals surface area contributed by atoms with Gasteiger partial charge in [-0.25, -0.2) is 13.4 Å². The van der Waals surface area contributed by atoms with Crippen LogP contribution >= 0.6 is 22.9 Å². The van der Waals surface area contributed by atoms with E-state index >= 15 is 0 Å². The molecule has 1 aromatic carbocycles. The number of halogens is 1. The summed E-state index contributed by atoms with van der Waals surface area (Å²) in [5.74, 6) is 0. The van der Waals surface area contributed by atoms with Crippen LogP contribution in [0.1, 0.15) is 12.8 Å². The van der Waals surface area contributed by atoms with Crippen LogP contribution in [-0.2, 0) is 10.0 Å². The normalized spacial score (nSPS) is 15.4. The first kappa shape index (κ1) is 14.6. The van der Waals surface area contributed by atoms with Crippen LogP contribution in [0.25, 0.3) is 0 Å². The van der Waals surface area contributed by atoms with Gasteiger partial charge in [-0.15, -0.1) is 0 Å². The van der Waals surface area contributed by atoms with Crippen LogP contribution in [0.15, 0.2) is 34.7 Å². The number of para-hydroxylation sites is 2. The maximum Gasteiger partial charge on any atom is 0.273 e. The summed E-state index contributed by atoms with van der Waals surface area (Å²) in [4.78, 5) is 5.97. The van der Waals surface area contributed by atoms with Crippen molar-refractivity contribution < 1.29 is 8.42 Å². The van der Waals surface area contributed by atoms with Crippen molar-refractivity contribution in [2.75, 3.05) is 22.7 Å². The predicted molar refractivity (Wildman–Crippen MR) is 85.8 cm³/mol. The minimum Gasteiger partial charge on any atom is -0.370 e. The molecule has 0 radical (unpaired) electrons. The third-order valence-electron chi connectivity index (χ3n) is 3.32. The highest BCUT2D eigenvalue weighted by atomic mass is 35.5. The second-order valence-electron chi connectivity index (χ2n) is 4.75. The molecule has 0 spiro atoms. The lowest BCUT2D eigenvalue weighted by atomic mass is 10.2. The van der Waals surface area contributed by atoms with Crippen molar-refractivity contribution >= 4 is 44.3 Å². The van der Waals surface area contributed by atoms with Crippen molar-refractivity contribution in [1.29, 1.82) is 0 Å². The Morgan fingerprint density at radius 1 is 1.24 bits per heavy atom. The van der Waals surface area contributed by atoms with Crippen LogP contribution in [-0.4, -0.2) is 26.5 Å². The maximum absolute atomic E-state index is 12.4. The highest BCUT2D eigenvalue weighted by molar-refractivity contribution is 7.94. The van der Waals surface area contributed by atoms with Gasteiger partial charge in [-0.3, -0.25) is 4.72 Å². The predicted octanol–water partition coefficient (Wildman–Crippen LogP) is 3.20. The molecule has 1 saturated heterocycles. The van der Waals surface area contributed by atoms with Crippen molar-refractivity contribution in [2.45, 2.75) is 17.1 Å². The molecule has 2 heterocycles. The molecule has 2 aromatic rings. The van der Waals surface area contributed by atoms with E-state index < -0.39 is 10.0 Å². The van der Waals surface area contributed by atoms with E-state index in [0.717, 1.165) is 43.0 Å². The van der Waals surface area contributed by atoms with Crippen LogP contribution in [0, 0.1) is 0 Å². The van der Waals surface area contributed by atoms with Crippen LogP contribution in [0.5, 0.6) is 0 Å². The fourth-order valence-electron chi connectivity index (χ4n) is 2.35. The maximum atomic E-state index is 12.4. The van der Waals surface area contributed by atoms with E-state index in [0.29, 0.717) is 5.69 Å². The van der Waals surface area contributed by atoms with E-state index in [4.69, 9.17) is 11.6 Å². The number of hydrogen-bond donors (Lipinski definition) is 1. The fourth-order valence-corrected chi connectivity index (χ4v) is 4.72. The summed E-state index contributed by atoms with van der Waals surface area (Å²) >= 11 is 6.65. The molecular weight excluding hydrogens is 330 g/mol. The third kappa shape index (κ3) is 3.14. The highest BCUT2D eigenvalue weighted by Gasteiger charge is 2.21. The van der Waals surface area contributed by atoms with E-state index in [-0.39, 0.29) is 8.68 Å². The molecule has 1 N–H and O–H groups in total. The average Bonchev–Trinajstić information content (AvgIpc) is 3.10. The molecule has 0 saturated carbocycles. The van der Waals surface area contributed by atoms with Gasteiger partial charge in [-0.2, -0.15) is 0 Å². The van der Waals surface area contributed by atoms with Crippen LogP contribution in [0.2, 0.25) is 4.47 Å². The monoisotopic (exact) mass is 343 g/mol. The lowest BCUT2D eigenvalue weighted by Gasteiger charge is -2.21. The van der Waals surface area contributed by atoms with Gasteiger partial charge in [0, 0.05) is 13.1 Å². The molecule has 112 valence electrons. The lowest BCUT2D eigenvalue weighted by Crippen LogP contribution is -2.21. The zero-order valence-corrected chi connectivity index (χ0v) is 13.5. The molecular formula is C13H14ClN3O2S2. The van der Waals surface area contributed by atoms with Gasteiger partial charge in [0.15, 0.2) is 8.68 Å². The molecule has 0 bridgehead atoms. The molecule has 0 unspecified atom stereocenters. The molecule has 5 nitrogen and oxygen atoms in total. The number of aromatic nitrogens is 1. The van der Waals surface area contributed by atoms with E-state index in [1.807, 2.05) is 18.2 Å². The van der Waals surface area contributed by atoms with Crippen molar-refractivity contribution in [2.24, 2.45) is 0 Å². The third-order valence-corrected chi connectivity index (χ3v) is 6.26. The van der Waals surface area contributed by atoms with Gasteiger partial charge >= 0.3 is 0 Å². The number of sulfonamides is 1. The first-order chi connectivity index (χ1) is 10.1. The molecule has 8 heteroatoms. The van der Waals surface area contributed by atoms with Gasteiger partial charge in [0.05, 0.1) is 17.6 Å². The Morgan fingerprint density at radius 3 is 2.62 bits per heavy atom. The van der Waals surface area contributed by atoms with Crippen molar-refractivity contribution in [3.8, 4) is 0 Å². The average molecular weight is 344 g/mol. The second-order valence-corrected chi connectivity index (χ2v) is 8.27. The lowest BCUT2D eigenvalue weighted by molar-refractivity contribution is 0.603. The first-order valence-electron chi connectivity index (χ1n) is 6.54. The Bertz CT molecular complexity index is 739. The summed E-state index contributed by atoms with van der Waals surface area (Å²) < 4.78 is 27.7. The van der Waals surface area contributed by atoms with E-state index in [9.17, 15) is 8.42 Å². The SMILES string of the molecule is O=S(=O)(Nc1ccccc1N1CCCC1)c1cnc(Cl)s1. The zero-order chi connectivity index (χ0) is 14.9. The number of rotatable bonds is 4. The Kier molecular flexibility index (Phi) is 4.05. The Morgan fingerprint density at radius 2 is 1.95 bits per heavy atom. The molecule has 0 atom stereocenters. The van der Waals surface area contributed by atoms with E-state index in [2.05, 4.69) is 14.6 Å². The topological polar surface area (TPSA) is 62.3 Å². The summed E-state index contributed by atoms with van der Waals surface area (Å²) in [5.41, 5.74) is 1.50. The first-order valence-corrected chi connectivity index (χ1v) is 9.22. The Balaban J connectivity index is 1.91. The quantitative estimate of drug-likeness (QED) is 0.926. The van der Waals surface area contributed by atoms with Gasteiger partial charge in [0.25, 0.3) is 10.0 Å². The summed E-state index contributed by atoms with van der Waals surface area (Å²) in [6.45, 7) is 1.90. The number of benzene rings is 1. The number of thiazole rings is 1. The standard InChI is InChI=1S/C13H14ClN3O2S2/c14-13-15-9-12(20-13)21(18,19)16-10-5-1-2-6-11(10)17-7-3-4-8-17/h1-2,5-6,9,16H,3-4,7-8H2. The van der Waals surface area contributed by atoms with E-state index in [1.54, 1.807) is 6.07 Å². The zero-order valence-electron chi connectivity index (χ0n) is 11.1. The molecule has 1 aromatic heterocycles. The summed E-state index contributed by atoms with van der Waals surface area (Å²) in [6.07, 6.45) is 3.53. The van der Waals surface area contributed by atoms with Gasteiger partial charge in [-0.05, 0) is 25.0 Å². The van der Waals surface area contributed by atoms with Crippen molar-refractivity contribution in [3.05, 3.63) is 34.9 Å². The second kappa shape index (κ2) is 5.82. The number of hydrogen-bond acceptors (Lipinski definition) is 5. The highest BCUT2D eigenvalue weighted by Crippen LogP contribution is 2.31. The van der Waals surface area contributed by atoms with Gasteiger partial charge in [0.1, 0.15) is 0 Å². The summed E-state index contributed by atoms with van der Waals surface area (Å²) in [6, 6.07) is 7.43. The molecule has 0 aliphatic carbocycles. The molecule has 21 heavy (non-hydrogen) atoms. The molecule has 1 aliphatic rings. The Hall–Kier alpha value is -1.31. The van der Waals surface area contributed by atoms with Gasteiger partial charge < -0.3 is 4.90 Å². The molecule has 0 amide bonds. The van der Waals surface area contributed by atoms with Crippen LogP contribution in [0.3, 0.4) is 0 Å². The molecule has 3 rings (SSSR count). The van der Waals surface area contributed by atoms with E-state index in [1.165, 1.54) is 6.20 Å². The van der Waals surface area contributed by atoms with Crippen LogP contribution in [0.4, 0.5) is 11.4 Å². The summed E-state index contributed by atoms with van der Waals surface area (Å²) in [7, 11) is -3.65. The minimum atomic E-state index is -3.65. The number of nitrogens with one attached hydrogen (secondary N) is 1. The largest absolute Gasteiger partial charge is 0.370 e. The van der Waals surface area contributed by atoms with Crippen molar-refractivity contribution in [1.82, 2.24) is 4.98 Å². The number of nitrogens with zero attached hydrogens (tertiary/aromatic N) is 2. The fraction of sp³-hybridized carbons (Fsp3) is 0.308. The summed E-state index contributed by atoms with van der Waals surface area (Å²) in [5, 5.41) is 0. The van der Waals surface area contributed by atoms with Gasteiger partial charge in [-0.1, -0.05) is 35.1 Å². The van der Waals surface area contributed by atoms with Gasteiger partial charge in [0.2, 0.25) is 0 Å². The molecule has 1 fully saturated rings. The molecule has 1 aliphatic heterocycles.